The smallest absolute Gasteiger partial charge is 0.292 e. The van der Waals surface area contributed by atoms with Gasteiger partial charge in [-0.05, 0) is 26.0 Å². The van der Waals surface area contributed by atoms with Gasteiger partial charge in [0.2, 0.25) is 5.91 Å². The second-order valence-electron chi connectivity index (χ2n) is 4.46. The van der Waals surface area contributed by atoms with Crippen molar-refractivity contribution in [2.24, 2.45) is 11.1 Å². The molecule has 1 aromatic carbocycles. The first kappa shape index (κ1) is 14.4. The number of halogens is 1. The molecule has 98 valence electrons. The fourth-order valence-electron chi connectivity index (χ4n) is 1.15. The van der Waals surface area contributed by atoms with Crippen molar-refractivity contribution >= 4 is 28.9 Å². The zero-order chi connectivity index (χ0) is 13.9. The maximum atomic E-state index is 11.9. The monoisotopic (exact) mass is 271 g/mol. The average Bonchev–Trinajstić information content (AvgIpc) is 2.28. The van der Waals surface area contributed by atoms with Crippen molar-refractivity contribution < 1.29 is 9.72 Å². The molecule has 0 atom stereocenters. The van der Waals surface area contributed by atoms with Crippen LogP contribution in [0.4, 0.5) is 11.4 Å². The van der Waals surface area contributed by atoms with Crippen molar-refractivity contribution in [2.45, 2.75) is 13.8 Å². The molecule has 0 saturated carbocycles. The lowest BCUT2D eigenvalue weighted by Gasteiger charge is -2.21. The topological polar surface area (TPSA) is 98.3 Å². The summed E-state index contributed by atoms with van der Waals surface area (Å²) in [6.45, 7) is 3.44. The molecule has 0 aliphatic heterocycles. The summed E-state index contributed by atoms with van der Waals surface area (Å²) in [5, 5.41) is 13.6. The first-order valence-electron chi connectivity index (χ1n) is 5.23. The molecule has 0 aromatic heterocycles. The summed E-state index contributed by atoms with van der Waals surface area (Å²) >= 11 is 5.75. The Labute approximate surface area is 109 Å². The number of amides is 1. The number of rotatable bonds is 4. The van der Waals surface area contributed by atoms with E-state index in [4.69, 9.17) is 17.3 Å². The first-order valence-corrected chi connectivity index (χ1v) is 5.61. The Morgan fingerprint density at radius 2 is 2.17 bits per heavy atom. The van der Waals surface area contributed by atoms with E-state index in [0.717, 1.165) is 0 Å². The molecule has 6 nitrogen and oxygen atoms in total. The predicted octanol–water partition coefficient (Wildman–Crippen LogP) is 2.17. The Balaban J connectivity index is 3.07. The summed E-state index contributed by atoms with van der Waals surface area (Å²) in [5.41, 5.74) is 4.52. The molecule has 3 N–H and O–H groups in total. The quantitative estimate of drug-likeness (QED) is 0.647. The number of nitro benzene ring substituents is 1. The largest absolute Gasteiger partial charge is 0.329 e. The second kappa shape index (κ2) is 5.32. The molecule has 0 fully saturated rings. The summed E-state index contributed by atoms with van der Waals surface area (Å²) in [7, 11) is 0. The van der Waals surface area contributed by atoms with Crippen molar-refractivity contribution in [2.75, 3.05) is 11.9 Å². The number of anilines is 1. The molecule has 0 aliphatic carbocycles. The third kappa shape index (κ3) is 3.18. The van der Waals surface area contributed by atoms with Gasteiger partial charge in [0.25, 0.3) is 5.69 Å². The van der Waals surface area contributed by atoms with Gasteiger partial charge in [-0.2, -0.15) is 0 Å². The Bertz CT molecular complexity index is 488. The van der Waals surface area contributed by atoms with Crippen LogP contribution in [-0.4, -0.2) is 17.4 Å². The van der Waals surface area contributed by atoms with Gasteiger partial charge in [-0.25, -0.2) is 0 Å². The number of benzene rings is 1. The molecular weight excluding hydrogens is 258 g/mol. The zero-order valence-electron chi connectivity index (χ0n) is 10.1. The molecule has 18 heavy (non-hydrogen) atoms. The van der Waals surface area contributed by atoms with Crippen LogP contribution in [0.3, 0.4) is 0 Å². The maximum absolute atomic E-state index is 11.9. The van der Waals surface area contributed by atoms with Gasteiger partial charge in [-0.3, -0.25) is 14.9 Å². The van der Waals surface area contributed by atoms with E-state index in [1.807, 2.05) is 0 Å². The number of hydrogen-bond donors (Lipinski definition) is 2. The van der Waals surface area contributed by atoms with E-state index < -0.39 is 16.2 Å². The standard InChI is InChI=1S/C11H14ClN3O3/c1-11(2,6-13)10(16)14-8-5-7(12)3-4-9(8)15(17)18/h3-5H,6,13H2,1-2H3,(H,14,16). The van der Waals surface area contributed by atoms with Crippen LogP contribution in [0.1, 0.15) is 13.8 Å². The lowest BCUT2D eigenvalue weighted by atomic mass is 9.92. The molecule has 0 unspecified atom stereocenters. The summed E-state index contributed by atoms with van der Waals surface area (Å²) in [6.07, 6.45) is 0. The number of hydrogen-bond acceptors (Lipinski definition) is 4. The van der Waals surface area contributed by atoms with E-state index in [1.165, 1.54) is 18.2 Å². The molecule has 1 aromatic rings. The molecule has 0 aliphatic rings. The van der Waals surface area contributed by atoms with Gasteiger partial charge >= 0.3 is 0 Å². The fraction of sp³-hybridized carbons (Fsp3) is 0.364. The van der Waals surface area contributed by atoms with Gasteiger partial charge in [-0.1, -0.05) is 11.6 Å². The van der Waals surface area contributed by atoms with Crippen molar-refractivity contribution in [3.8, 4) is 0 Å². The molecule has 0 heterocycles. The van der Waals surface area contributed by atoms with Crippen molar-refractivity contribution in [1.82, 2.24) is 0 Å². The number of nitro groups is 1. The predicted molar refractivity (Wildman–Crippen MR) is 69.6 cm³/mol. The van der Waals surface area contributed by atoms with Crippen LogP contribution >= 0.6 is 11.6 Å². The normalized spacial score (nSPS) is 11.1. The molecule has 1 rings (SSSR count). The SMILES string of the molecule is CC(C)(CN)C(=O)Nc1cc(Cl)ccc1[N+](=O)[O-]. The van der Waals surface area contributed by atoms with Crippen LogP contribution in [0, 0.1) is 15.5 Å². The number of carbonyl (C=O) groups excluding carboxylic acids is 1. The van der Waals surface area contributed by atoms with Gasteiger partial charge in [0.15, 0.2) is 0 Å². The van der Waals surface area contributed by atoms with Gasteiger partial charge in [-0.15, -0.1) is 0 Å². The summed E-state index contributed by atoms with van der Waals surface area (Å²) < 4.78 is 0. The van der Waals surface area contributed by atoms with Crippen molar-refractivity contribution in [3.63, 3.8) is 0 Å². The molecule has 0 bridgehead atoms. The average molecular weight is 272 g/mol. The van der Waals surface area contributed by atoms with E-state index in [9.17, 15) is 14.9 Å². The van der Waals surface area contributed by atoms with E-state index in [-0.39, 0.29) is 17.9 Å². The molecule has 0 saturated heterocycles. The summed E-state index contributed by atoms with van der Waals surface area (Å²) in [4.78, 5) is 22.1. The van der Waals surface area contributed by atoms with Crippen LogP contribution in [0.5, 0.6) is 0 Å². The third-order valence-corrected chi connectivity index (χ3v) is 2.76. The van der Waals surface area contributed by atoms with Crippen molar-refractivity contribution in [3.05, 3.63) is 33.3 Å². The highest BCUT2D eigenvalue weighted by molar-refractivity contribution is 6.31. The molecular formula is C11H14ClN3O3. The highest BCUT2D eigenvalue weighted by Crippen LogP contribution is 2.29. The first-order chi connectivity index (χ1) is 8.27. The highest BCUT2D eigenvalue weighted by atomic mass is 35.5. The molecule has 0 spiro atoms. The number of carbonyl (C=O) groups is 1. The molecule has 0 radical (unpaired) electrons. The van der Waals surface area contributed by atoms with Crippen LogP contribution in [0.2, 0.25) is 5.02 Å². The lowest BCUT2D eigenvalue weighted by molar-refractivity contribution is -0.383. The minimum absolute atomic E-state index is 0.0685. The van der Waals surface area contributed by atoms with Crippen LogP contribution in [0.15, 0.2) is 18.2 Å². The summed E-state index contributed by atoms with van der Waals surface area (Å²) in [5.74, 6) is -0.393. The van der Waals surface area contributed by atoms with Crippen LogP contribution < -0.4 is 11.1 Å². The summed E-state index contributed by atoms with van der Waals surface area (Å²) in [6, 6.07) is 3.97. The van der Waals surface area contributed by atoms with Gasteiger partial charge < -0.3 is 11.1 Å². The van der Waals surface area contributed by atoms with Crippen LogP contribution in [-0.2, 0) is 4.79 Å². The van der Waals surface area contributed by atoms with Crippen molar-refractivity contribution in [1.29, 1.82) is 0 Å². The number of nitrogens with zero attached hydrogens (tertiary/aromatic N) is 1. The van der Waals surface area contributed by atoms with Gasteiger partial charge in [0, 0.05) is 17.6 Å². The van der Waals surface area contributed by atoms with Crippen LogP contribution in [0.25, 0.3) is 0 Å². The third-order valence-electron chi connectivity index (χ3n) is 2.53. The lowest BCUT2D eigenvalue weighted by Crippen LogP contribution is -2.37. The Morgan fingerprint density at radius 3 is 2.67 bits per heavy atom. The van der Waals surface area contributed by atoms with Gasteiger partial charge in [0.1, 0.15) is 5.69 Å². The minimum atomic E-state index is -0.809. The Morgan fingerprint density at radius 1 is 1.56 bits per heavy atom. The molecule has 7 heteroatoms. The number of nitrogens with one attached hydrogen (secondary N) is 1. The molecule has 1 amide bonds. The number of nitrogens with two attached hydrogens (primary N) is 1. The second-order valence-corrected chi connectivity index (χ2v) is 4.90. The van der Waals surface area contributed by atoms with E-state index in [2.05, 4.69) is 5.32 Å². The Kier molecular flexibility index (Phi) is 4.26. The van der Waals surface area contributed by atoms with E-state index in [1.54, 1.807) is 13.8 Å². The van der Waals surface area contributed by atoms with Gasteiger partial charge in [0.05, 0.1) is 10.3 Å². The fourth-order valence-corrected chi connectivity index (χ4v) is 1.32. The van der Waals surface area contributed by atoms with E-state index in [0.29, 0.717) is 5.02 Å². The highest BCUT2D eigenvalue weighted by Gasteiger charge is 2.27. The zero-order valence-corrected chi connectivity index (χ0v) is 10.8. The maximum Gasteiger partial charge on any atom is 0.292 e. The van der Waals surface area contributed by atoms with E-state index >= 15 is 0 Å². The Hall–Kier alpha value is -1.66. The minimum Gasteiger partial charge on any atom is -0.329 e.